The number of hydrogen-bond donors (Lipinski definition) is 0. The maximum atomic E-state index is 13.6. The summed E-state index contributed by atoms with van der Waals surface area (Å²) in [5, 5.41) is 0. The van der Waals surface area contributed by atoms with Crippen molar-refractivity contribution in [3.05, 3.63) is 52.7 Å². The van der Waals surface area contributed by atoms with Crippen LogP contribution >= 0.6 is 0 Å². The molecule has 0 saturated heterocycles. The van der Waals surface area contributed by atoms with E-state index >= 15 is 0 Å². The molecule has 1 heterocycles. The van der Waals surface area contributed by atoms with Gasteiger partial charge < -0.3 is 9.32 Å². The van der Waals surface area contributed by atoms with Crippen LogP contribution in [0.5, 0.6) is 0 Å². The highest BCUT2D eigenvalue weighted by Crippen LogP contribution is 2.53. The van der Waals surface area contributed by atoms with Crippen molar-refractivity contribution in [2.45, 2.75) is 71.1 Å². The van der Waals surface area contributed by atoms with E-state index in [1.807, 2.05) is 13.8 Å². The molecule has 1 aromatic heterocycles. The van der Waals surface area contributed by atoms with E-state index in [-0.39, 0.29) is 11.3 Å². The molecule has 3 rings (SSSR count). The molecule has 6 heteroatoms. The Balaban J connectivity index is 1.78. The van der Waals surface area contributed by atoms with Crippen molar-refractivity contribution in [1.29, 1.82) is 0 Å². The lowest BCUT2D eigenvalue weighted by atomic mass is 9.91. The number of aryl methyl sites for hydroxylation is 1. The van der Waals surface area contributed by atoms with E-state index in [1.165, 1.54) is 0 Å². The summed E-state index contributed by atoms with van der Waals surface area (Å²) >= 11 is 0. The first-order valence-electron chi connectivity index (χ1n) is 10.2. The number of benzene rings is 1. The zero-order chi connectivity index (χ0) is 21.4. The van der Waals surface area contributed by atoms with Gasteiger partial charge in [-0.05, 0) is 38.3 Å². The van der Waals surface area contributed by atoms with E-state index in [2.05, 4.69) is 25.8 Å². The molecule has 0 spiro atoms. The average molecular weight is 405 g/mol. The summed E-state index contributed by atoms with van der Waals surface area (Å²) in [6, 6.07) is 6.80. The molecule has 1 aliphatic rings. The Kier molecular flexibility index (Phi) is 5.84. The lowest BCUT2D eigenvalue weighted by molar-refractivity contribution is 0.0753. The van der Waals surface area contributed by atoms with E-state index in [0.29, 0.717) is 49.4 Å². The predicted molar refractivity (Wildman–Crippen MR) is 109 cm³/mol. The van der Waals surface area contributed by atoms with Gasteiger partial charge in [0.05, 0.1) is 11.1 Å². The number of oxazole rings is 1. The second kappa shape index (κ2) is 7.88. The van der Waals surface area contributed by atoms with Crippen molar-refractivity contribution >= 4 is 5.91 Å². The zero-order valence-corrected chi connectivity index (χ0v) is 17.9. The second-order valence-corrected chi connectivity index (χ2v) is 8.90. The van der Waals surface area contributed by atoms with Crippen molar-refractivity contribution in [2.75, 3.05) is 13.1 Å². The number of halogens is 2. The minimum absolute atomic E-state index is 0.112. The summed E-state index contributed by atoms with van der Waals surface area (Å²) in [7, 11) is 0. The Bertz CT molecular complexity index is 879. The maximum Gasteiger partial charge on any atom is 0.254 e. The minimum Gasteiger partial charge on any atom is -0.446 e. The number of aromatic nitrogens is 1. The molecule has 1 aliphatic carbocycles. The molecule has 0 aliphatic heterocycles. The molecule has 0 unspecified atom stereocenters. The molecule has 2 aromatic rings. The maximum absolute atomic E-state index is 13.6. The van der Waals surface area contributed by atoms with Gasteiger partial charge in [0.2, 0.25) is 6.43 Å². The van der Waals surface area contributed by atoms with Gasteiger partial charge in [-0.1, -0.05) is 39.0 Å². The fraction of sp³-hybridized carbons (Fsp3) is 0.565. The van der Waals surface area contributed by atoms with Crippen LogP contribution in [0.25, 0.3) is 0 Å². The first kappa shape index (κ1) is 21.5. The molecule has 0 N–H and O–H groups in total. The fourth-order valence-corrected chi connectivity index (χ4v) is 3.90. The van der Waals surface area contributed by atoms with Gasteiger partial charge in [0.1, 0.15) is 5.76 Å². The average Bonchev–Trinajstić information content (AvgIpc) is 3.39. The van der Waals surface area contributed by atoms with Crippen LogP contribution < -0.4 is 0 Å². The Labute approximate surface area is 171 Å². The molecule has 0 radical (unpaired) electrons. The molecule has 1 fully saturated rings. The largest absolute Gasteiger partial charge is 0.446 e. The number of rotatable bonds is 7. The lowest BCUT2D eigenvalue weighted by Gasteiger charge is -2.24. The smallest absolute Gasteiger partial charge is 0.254 e. The Morgan fingerprint density at radius 3 is 2.45 bits per heavy atom. The summed E-state index contributed by atoms with van der Waals surface area (Å²) in [6.07, 6.45) is -1.13. The predicted octanol–water partition coefficient (Wildman–Crippen LogP) is 5.28. The van der Waals surface area contributed by atoms with Gasteiger partial charge in [-0.2, -0.15) is 0 Å². The van der Waals surface area contributed by atoms with Gasteiger partial charge in [-0.15, -0.1) is 0 Å². The molecule has 1 saturated carbocycles. The van der Waals surface area contributed by atoms with Gasteiger partial charge >= 0.3 is 0 Å². The van der Waals surface area contributed by atoms with Crippen molar-refractivity contribution in [3.8, 4) is 0 Å². The highest BCUT2D eigenvalue weighted by molar-refractivity contribution is 5.96. The minimum atomic E-state index is -2.46. The molecular formula is C23H30F2N2O2. The van der Waals surface area contributed by atoms with Crippen LogP contribution in [-0.4, -0.2) is 35.3 Å². The van der Waals surface area contributed by atoms with Crippen LogP contribution in [0.15, 0.2) is 28.7 Å². The lowest BCUT2D eigenvalue weighted by Crippen LogP contribution is -2.34. The van der Waals surface area contributed by atoms with Crippen molar-refractivity contribution in [1.82, 2.24) is 9.88 Å². The number of amides is 1. The van der Waals surface area contributed by atoms with E-state index in [1.54, 1.807) is 29.2 Å². The summed E-state index contributed by atoms with van der Waals surface area (Å²) in [5.74, 6) is 1.17. The van der Waals surface area contributed by atoms with E-state index in [4.69, 9.17) is 4.42 Å². The summed E-state index contributed by atoms with van der Waals surface area (Å²) in [4.78, 5) is 19.5. The summed E-state index contributed by atoms with van der Waals surface area (Å²) in [5.41, 5.74) is 0.498. The van der Waals surface area contributed by atoms with Gasteiger partial charge in [0.15, 0.2) is 5.89 Å². The first-order valence-corrected chi connectivity index (χ1v) is 10.2. The quantitative estimate of drug-likeness (QED) is 0.631. The second-order valence-electron chi connectivity index (χ2n) is 8.90. The zero-order valence-electron chi connectivity index (χ0n) is 17.9. The fourth-order valence-electron chi connectivity index (χ4n) is 3.90. The van der Waals surface area contributed by atoms with Crippen molar-refractivity contribution in [2.24, 2.45) is 0 Å². The normalized spacial score (nSPS) is 15.6. The molecule has 158 valence electrons. The molecule has 1 aromatic carbocycles. The van der Waals surface area contributed by atoms with Crippen molar-refractivity contribution in [3.63, 3.8) is 0 Å². The third-order valence-corrected chi connectivity index (χ3v) is 5.72. The monoisotopic (exact) mass is 404 g/mol. The molecule has 29 heavy (non-hydrogen) atoms. The third-order valence-electron chi connectivity index (χ3n) is 5.72. The third kappa shape index (κ3) is 4.21. The number of carbonyl (C=O) groups excluding carboxylic acids is 1. The number of nitrogens with zero attached hydrogens (tertiary/aromatic N) is 2. The Morgan fingerprint density at radius 2 is 1.93 bits per heavy atom. The number of likely N-dealkylation sites (N-methyl/N-ethyl adjacent to an activating group) is 1. The highest BCUT2D eigenvalue weighted by atomic mass is 19.3. The Hall–Kier alpha value is -2.24. The highest BCUT2D eigenvalue weighted by Gasteiger charge is 2.54. The van der Waals surface area contributed by atoms with Crippen LogP contribution in [0.1, 0.15) is 73.8 Å². The van der Waals surface area contributed by atoms with Gasteiger partial charge in [0.25, 0.3) is 5.91 Å². The molecule has 4 nitrogen and oxygen atoms in total. The number of hydrogen-bond acceptors (Lipinski definition) is 3. The molecule has 1 amide bonds. The van der Waals surface area contributed by atoms with Gasteiger partial charge in [-0.3, -0.25) is 4.79 Å². The standard InChI is InChI=1S/C23H30F2N2O2/c1-6-27(14-11-18-26-19(15(2)29-18)22(3,4)5)20(28)16-9-7-8-10-17(16)23(12-13-23)21(24)25/h7-10,21H,6,11-14H2,1-5H3. The van der Waals surface area contributed by atoms with E-state index in [0.717, 1.165) is 11.5 Å². The van der Waals surface area contributed by atoms with Crippen LogP contribution in [0.2, 0.25) is 0 Å². The molecule has 0 atom stereocenters. The first-order chi connectivity index (χ1) is 13.6. The van der Waals surface area contributed by atoms with Crippen molar-refractivity contribution < 1.29 is 18.0 Å². The van der Waals surface area contributed by atoms with Gasteiger partial charge in [0, 0.05) is 30.5 Å². The molecular weight excluding hydrogens is 374 g/mol. The molecule has 0 bridgehead atoms. The van der Waals surface area contributed by atoms with Crippen LogP contribution in [0, 0.1) is 6.92 Å². The summed E-state index contributed by atoms with van der Waals surface area (Å²) in [6.45, 7) is 10.9. The number of alkyl halides is 2. The van der Waals surface area contributed by atoms with E-state index in [9.17, 15) is 13.6 Å². The van der Waals surface area contributed by atoms with Gasteiger partial charge in [-0.25, -0.2) is 13.8 Å². The van der Waals surface area contributed by atoms with E-state index < -0.39 is 11.8 Å². The van der Waals surface area contributed by atoms with Crippen LogP contribution in [0.4, 0.5) is 8.78 Å². The topological polar surface area (TPSA) is 46.3 Å². The Morgan fingerprint density at radius 1 is 1.28 bits per heavy atom. The van der Waals surface area contributed by atoms with Crippen LogP contribution in [-0.2, 0) is 17.3 Å². The SMILES string of the molecule is CCN(CCc1nc(C(C)(C)C)c(C)o1)C(=O)c1ccccc1C1(C(F)F)CC1. The summed E-state index contributed by atoms with van der Waals surface area (Å²) < 4.78 is 33.1. The number of carbonyl (C=O) groups is 1. The van der Waals surface area contributed by atoms with Crippen LogP contribution in [0.3, 0.4) is 0 Å².